The van der Waals surface area contributed by atoms with Gasteiger partial charge in [0.1, 0.15) is 24.7 Å². The van der Waals surface area contributed by atoms with Crippen LogP contribution in [0.25, 0.3) is 5.76 Å². The maximum absolute atomic E-state index is 13.2. The number of pyridine rings is 1. The molecule has 0 spiro atoms. The minimum absolute atomic E-state index is 0.0334. The third-order valence-corrected chi connectivity index (χ3v) is 5.59. The van der Waals surface area contributed by atoms with E-state index in [2.05, 4.69) is 9.72 Å². The van der Waals surface area contributed by atoms with Crippen molar-refractivity contribution in [2.24, 2.45) is 0 Å². The molecule has 36 heavy (non-hydrogen) atoms. The van der Waals surface area contributed by atoms with Gasteiger partial charge in [-0.1, -0.05) is 12.1 Å². The molecule has 11 heteroatoms. The van der Waals surface area contributed by atoms with Crippen molar-refractivity contribution in [1.29, 1.82) is 0 Å². The number of benzene rings is 2. The molecule has 0 radical (unpaired) electrons. The molecular formula is C25H17F3N2O6. The number of hydrogen-bond acceptors (Lipinski definition) is 7. The number of ketones is 1. The summed E-state index contributed by atoms with van der Waals surface area (Å²) in [6, 6.07) is 11.2. The van der Waals surface area contributed by atoms with Gasteiger partial charge in [-0.3, -0.25) is 19.5 Å². The Bertz CT molecular complexity index is 1370. The molecule has 1 N–H and O–H groups in total. The molecule has 1 unspecified atom stereocenters. The van der Waals surface area contributed by atoms with Crippen LogP contribution < -0.4 is 19.1 Å². The highest BCUT2D eigenvalue weighted by Crippen LogP contribution is 2.43. The van der Waals surface area contributed by atoms with Crippen LogP contribution in [0.1, 0.15) is 17.2 Å². The lowest BCUT2D eigenvalue weighted by Crippen LogP contribution is -2.29. The zero-order chi connectivity index (χ0) is 25.4. The first-order chi connectivity index (χ1) is 17.2. The lowest BCUT2D eigenvalue weighted by molar-refractivity contribution is -0.274. The van der Waals surface area contributed by atoms with Gasteiger partial charge in [0.2, 0.25) is 0 Å². The van der Waals surface area contributed by atoms with Crippen molar-refractivity contribution in [2.45, 2.75) is 12.4 Å². The van der Waals surface area contributed by atoms with Crippen molar-refractivity contribution in [3.8, 4) is 17.2 Å². The Hall–Kier alpha value is -4.54. The van der Waals surface area contributed by atoms with E-state index in [1.54, 1.807) is 18.2 Å². The number of carbonyl (C=O) groups is 2. The maximum Gasteiger partial charge on any atom is 0.573 e. The van der Waals surface area contributed by atoms with E-state index in [0.29, 0.717) is 30.3 Å². The van der Waals surface area contributed by atoms with Gasteiger partial charge in [-0.25, -0.2) is 0 Å². The number of ether oxygens (including phenoxy) is 3. The summed E-state index contributed by atoms with van der Waals surface area (Å²) in [5, 5.41) is 11.2. The molecule has 1 aromatic heterocycles. The van der Waals surface area contributed by atoms with Crippen molar-refractivity contribution >= 4 is 23.1 Å². The molecule has 184 valence electrons. The number of aliphatic hydroxyl groups excluding tert-OH is 1. The molecule has 3 heterocycles. The summed E-state index contributed by atoms with van der Waals surface area (Å²) in [4.78, 5) is 31.4. The Balaban J connectivity index is 1.65. The number of alkyl halides is 3. The van der Waals surface area contributed by atoms with Gasteiger partial charge in [-0.2, -0.15) is 0 Å². The topological polar surface area (TPSA) is 98.2 Å². The van der Waals surface area contributed by atoms with E-state index >= 15 is 0 Å². The van der Waals surface area contributed by atoms with Gasteiger partial charge in [-0.05, 0) is 42.0 Å². The van der Waals surface area contributed by atoms with E-state index in [-0.39, 0.29) is 16.8 Å². The maximum atomic E-state index is 13.2. The van der Waals surface area contributed by atoms with Crippen LogP contribution in [-0.2, 0) is 9.59 Å². The molecule has 5 rings (SSSR count). The van der Waals surface area contributed by atoms with Crippen molar-refractivity contribution in [3.63, 3.8) is 0 Å². The van der Waals surface area contributed by atoms with Gasteiger partial charge in [0, 0.05) is 29.7 Å². The second kappa shape index (κ2) is 8.91. The summed E-state index contributed by atoms with van der Waals surface area (Å²) in [6.07, 6.45) is -2.07. The van der Waals surface area contributed by atoms with Gasteiger partial charge < -0.3 is 19.3 Å². The van der Waals surface area contributed by atoms with E-state index < -0.39 is 35.6 Å². The van der Waals surface area contributed by atoms with Crippen LogP contribution >= 0.6 is 0 Å². The van der Waals surface area contributed by atoms with Gasteiger partial charge in [0.25, 0.3) is 11.7 Å². The third-order valence-electron chi connectivity index (χ3n) is 5.59. The lowest BCUT2D eigenvalue weighted by Gasteiger charge is -2.25. The predicted octanol–water partition coefficient (Wildman–Crippen LogP) is 4.38. The Morgan fingerprint density at radius 2 is 1.81 bits per heavy atom. The first-order valence-electron chi connectivity index (χ1n) is 10.7. The number of amides is 1. The Morgan fingerprint density at radius 3 is 2.53 bits per heavy atom. The van der Waals surface area contributed by atoms with E-state index in [1.807, 2.05) is 0 Å². The second-order valence-corrected chi connectivity index (χ2v) is 7.86. The molecule has 8 nitrogen and oxygen atoms in total. The molecule has 2 aliphatic rings. The van der Waals surface area contributed by atoms with Crippen molar-refractivity contribution in [3.05, 3.63) is 83.7 Å². The zero-order valence-corrected chi connectivity index (χ0v) is 18.4. The number of aliphatic hydroxyl groups is 1. The monoisotopic (exact) mass is 498 g/mol. The predicted molar refractivity (Wildman–Crippen MR) is 120 cm³/mol. The highest BCUT2D eigenvalue weighted by Gasteiger charge is 2.47. The highest BCUT2D eigenvalue weighted by molar-refractivity contribution is 6.51. The molecule has 2 aliphatic heterocycles. The fraction of sp³-hybridized carbons (Fsp3) is 0.160. The molecule has 2 aromatic carbocycles. The number of fused-ring (bicyclic) bond motifs is 1. The lowest BCUT2D eigenvalue weighted by atomic mass is 9.96. The number of carbonyl (C=O) groups excluding carboxylic acids is 2. The number of aromatic nitrogens is 1. The Kier molecular flexibility index (Phi) is 5.75. The summed E-state index contributed by atoms with van der Waals surface area (Å²) in [5.74, 6) is -2.29. The quantitative estimate of drug-likeness (QED) is 0.324. The van der Waals surface area contributed by atoms with Crippen molar-refractivity contribution < 1.29 is 42.1 Å². The summed E-state index contributed by atoms with van der Waals surface area (Å²) < 4.78 is 53.3. The SMILES string of the molecule is O=C1C(=O)N(c2cccc(OC(F)(F)F)c2)C(c2cccnc2)/C1=C(/O)c1ccc2c(c1)OCCO2. The molecule has 1 saturated heterocycles. The van der Waals surface area contributed by atoms with Crippen molar-refractivity contribution in [1.82, 2.24) is 4.98 Å². The van der Waals surface area contributed by atoms with Gasteiger partial charge in [0.15, 0.2) is 11.5 Å². The van der Waals surface area contributed by atoms with E-state index in [9.17, 15) is 27.9 Å². The fourth-order valence-electron chi connectivity index (χ4n) is 4.13. The van der Waals surface area contributed by atoms with Crippen LogP contribution in [0, 0.1) is 0 Å². The first-order valence-corrected chi connectivity index (χ1v) is 10.7. The number of halogens is 3. The molecule has 3 aromatic rings. The standard InChI is InChI=1S/C25H17F3N2O6/c26-25(27,28)36-17-5-1-4-16(12-17)30-21(15-3-2-8-29-13-15)20(23(32)24(30)33)22(31)14-6-7-18-19(11-14)35-10-9-34-18/h1-8,11-13,21,31H,9-10H2/b22-20-. The number of Topliss-reactive ketones (excluding diaryl/α,β-unsaturated/α-hetero) is 1. The van der Waals surface area contributed by atoms with Crippen LogP contribution in [0.15, 0.2) is 72.6 Å². The summed E-state index contributed by atoms with van der Waals surface area (Å²) >= 11 is 0. The van der Waals surface area contributed by atoms with E-state index in [1.165, 1.54) is 36.7 Å². The van der Waals surface area contributed by atoms with Gasteiger partial charge >= 0.3 is 6.36 Å². The summed E-state index contributed by atoms with van der Waals surface area (Å²) in [7, 11) is 0. The van der Waals surface area contributed by atoms with E-state index in [4.69, 9.17) is 9.47 Å². The fourth-order valence-corrected chi connectivity index (χ4v) is 4.13. The Labute approximate surface area is 202 Å². The van der Waals surface area contributed by atoms with Crippen LogP contribution in [0.5, 0.6) is 17.2 Å². The number of hydrogen-bond donors (Lipinski definition) is 1. The molecule has 0 aliphatic carbocycles. The van der Waals surface area contributed by atoms with Crippen LogP contribution in [0.2, 0.25) is 0 Å². The number of nitrogens with zero attached hydrogens (tertiary/aromatic N) is 2. The van der Waals surface area contributed by atoms with E-state index in [0.717, 1.165) is 17.0 Å². The van der Waals surface area contributed by atoms with Crippen LogP contribution in [-0.4, -0.2) is 41.4 Å². The first kappa shape index (κ1) is 23.2. The van der Waals surface area contributed by atoms with Gasteiger partial charge in [0.05, 0.1) is 11.6 Å². The molecule has 1 fully saturated rings. The van der Waals surface area contributed by atoms with Crippen LogP contribution in [0.4, 0.5) is 18.9 Å². The number of rotatable bonds is 4. The molecule has 0 bridgehead atoms. The van der Waals surface area contributed by atoms with Gasteiger partial charge in [-0.15, -0.1) is 13.2 Å². The molecule has 0 saturated carbocycles. The normalized spacial score (nSPS) is 18.9. The van der Waals surface area contributed by atoms with Crippen molar-refractivity contribution in [2.75, 3.05) is 18.1 Å². The smallest absolute Gasteiger partial charge is 0.507 e. The second-order valence-electron chi connectivity index (χ2n) is 7.86. The van der Waals surface area contributed by atoms with Crippen LogP contribution in [0.3, 0.4) is 0 Å². The average molecular weight is 498 g/mol. The largest absolute Gasteiger partial charge is 0.573 e. The molecular weight excluding hydrogens is 481 g/mol. The highest BCUT2D eigenvalue weighted by atomic mass is 19.4. The minimum Gasteiger partial charge on any atom is -0.507 e. The average Bonchev–Trinajstić information content (AvgIpc) is 3.13. The molecule has 1 atom stereocenters. The third kappa shape index (κ3) is 4.30. The molecule has 1 amide bonds. The summed E-state index contributed by atoms with van der Waals surface area (Å²) in [5.41, 5.74) is 0.263. The minimum atomic E-state index is -4.95. The number of anilines is 1. The zero-order valence-electron chi connectivity index (χ0n) is 18.4. The summed E-state index contributed by atoms with van der Waals surface area (Å²) in [6.45, 7) is 0.662. The Morgan fingerprint density at radius 1 is 1.03 bits per heavy atom.